The third-order valence-electron chi connectivity index (χ3n) is 6.49. The number of para-hydroxylation sites is 1. The van der Waals surface area contributed by atoms with E-state index < -0.39 is 0 Å². The van der Waals surface area contributed by atoms with Gasteiger partial charge in [0, 0.05) is 38.4 Å². The highest BCUT2D eigenvalue weighted by atomic mass is 16.5. The monoisotopic (exact) mass is 456 g/mol. The average Bonchev–Trinajstić information content (AvgIpc) is 3.19. The topological polar surface area (TPSA) is 62.2 Å². The largest absolute Gasteiger partial charge is 0.507 e. The number of ketones is 1. The maximum atomic E-state index is 13.2. The van der Waals surface area contributed by atoms with E-state index in [1.807, 2.05) is 37.3 Å². The molecule has 1 saturated heterocycles. The van der Waals surface area contributed by atoms with Crippen LogP contribution in [0.25, 0.3) is 6.08 Å². The molecule has 3 aromatic rings. The molecule has 1 N–H and O–H groups in total. The quantitative estimate of drug-likeness (QED) is 0.564. The predicted octanol–water partition coefficient (Wildman–Crippen LogP) is 4.65. The van der Waals surface area contributed by atoms with Gasteiger partial charge in [-0.05, 0) is 54.5 Å². The molecule has 2 aliphatic rings. The van der Waals surface area contributed by atoms with Crippen LogP contribution in [0, 0.1) is 6.92 Å². The maximum Gasteiger partial charge on any atom is 0.232 e. The highest BCUT2D eigenvalue weighted by Crippen LogP contribution is 2.42. The second kappa shape index (κ2) is 9.23. The van der Waals surface area contributed by atoms with Crippen LogP contribution in [0.15, 0.2) is 66.4 Å². The molecule has 0 amide bonds. The van der Waals surface area contributed by atoms with Gasteiger partial charge in [-0.1, -0.05) is 30.3 Å². The van der Waals surface area contributed by atoms with Gasteiger partial charge in [0.2, 0.25) is 5.78 Å². The lowest BCUT2D eigenvalue weighted by molar-refractivity contribution is 0.101. The van der Waals surface area contributed by atoms with Gasteiger partial charge >= 0.3 is 0 Å². The normalized spacial score (nSPS) is 17.1. The van der Waals surface area contributed by atoms with Gasteiger partial charge in [0.05, 0.1) is 18.2 Å². The number of phenolic OH excluding ortho intramolecular Hbond substituents is 1. The number of methoxy groups -OCH3 is 1. The molecule has 6 nitrogen and oxygen atoms in total. The molecular weight excluding hydrogens is 428 g/mol. The van der Waals surface area contributed by atoms with Crippen LogP contribution >= 0.6 is 0 Å². The van der Waals surface area contributed by atoms with Crippen molar-refractivity contribution in [2.24, 2.45) is 0 Å². The number of Topliss-reactive ketones (excluding diaryl/α,β-unsaturated/α-hetero) is 1. The maximum absolute atomic E-state index is 13.2. The zero-order chi connectivity index (χ0) is 23.7. The van der Waals surface area contributed by atoms with Crippen molar-refractivity contribution >= 4 is 17.5 Å². The van der Waals surface area contributed by atoms with Gasteiger partial charge in [-0.25, -0.2) is 0 Å². The van der Waals surface area contributed by atoms with Gasteiger partial charge in [-0.3, -0.25) is 9.69 Å². The molecule has 0 saturated carbocycles. The first kappa shape index (κ1) is 22.0. The van der Waals surface area contributed by atoms with E-state index >= 15 is 0 Å². The van der Waals surface area contributed by atoms with Crippen LogP contribution in [0.2, 0.25) is 0 Å². The fourth-order valence-corrected chi connectivity index (χ4v) is 4.64. The predicted molar refractivity (Wildman–Crippen MR) is 133 cm³/mol. The second-order valence-corrected chi connectivity index (χ2v) is 8.71. The van der Waals surface area contributed by atoms with E-state index in [2.05, 4.69) is 34.1 Å². The van der Waals surface area contributed by atoms with Crippen molar-refractivity contribution in [1.82, 2.24) is 4.90 Å². The zero-order valence-corrected chi connectivity index (χ0v) is 19.5. The Morgan fingerprint density at radius 3 is 2.53 bits per heavy atom. The van der Waals surface area contributed by atoms with Gasteiger partial charge in [0.1, 0.15) is 17.2 Å². The number of piperazine rings is 1. The molecule has 5 rings (SSSR count). The number of aryl methyl sites for hydroxylation is 1. The number of fused-ring (bicyclic) bond motifs is 1. The van der Waals surface area contributed by atoms with E-state index in [1.165, 1.54) is 5.69 Å². The molecule has 174 valence electrons. The molecule has 0 aliphatic carbocycles. The highest BCUT2D eigenvalue weighted by molar-refractivity contribution is 6.15. The molecule has 2 heterocycles. The summed E-state index contributed by atoms with van der Waals surface area (Å²) in [6.45, 7) is 5.88. The van der Waals surface area contributed by atoms with E-state index in [0.29, 0.717) is 34.7 Å². The number of rotatable bonds is 5. The molecule has 6 heteroatoms. The smallest absolute Gasteiger partial charge is 0.232 e. The summed E-state index contributed by atoms with van der Waals surface area (Å²) in [5.74, 6) is 1.44. The molecule has 0 aromatic heterocycles. The third kappa shape index (κ3) is 4.24. The van der Waals surface area contributed by atoms with Crippen LogP contribution in [-0.4, -0.2) is 49.1 Å². The Balaban J connectivity index is 1.37. The van der Waals surface area contributed by atoms with Crippen LogP contribution in [0.1, 0.15) is 27.0 Å². The summed E-state index contributed by atoms with van der Waals surface area (Å²) in [6, 6.07) is 19.5. The van der Waals surface area contributed by atoms with E-state index in [-0.39, 0.29) is 17.3 Å². The van der Waals surface area contributed by atoms with Crippen molar-refractivity contribution < 1.29 is 19.4 Å². The van der Waals surface area contributed by atoms with Crippen LogP contribution in [-0.2, 0) is 6.54 Å². The van der Waals surface area contributed by atoms with Crippen molar-refractivity contribution in [2.45, 2.75) is 13.5 Å². The molecule has 3 aromatic carbocycles. The average molecular weight is 457 g/mol. The number of hydrogen-bond donors (Lipinski definition) is 1. The van der Waals surface area contributed by atoms with Crippen LogP contribution in [0.5, 0.6) is 17.2 Å². The van der Waals surface area contributed by atoms with Crippen LogP contribution in [0.3, 0.4) is 0 Å². The van der Waals surface area contributed by atoms with Crippen molar-refractivity contribution in [3.05, 3.63) is 88.7 Å². The van der Waals surface area contributed by atoms with Gasteiger partial charge in [-0.2, -0.15) is 0 Å². The van der Waals surface area contributed by atoms with E-state index in [0.717, 1.165) is 31.7 Å². The summed E-state index contributed by atoms with van der Waals surface area (Å²) in [4.78, 5) is 17.9. The number of benzene rings is 3. The van der Waals surface area contributed by atoms with Gasteiger partial charge in [-0.15, -0.1) is 0 Å². The number of anilines is 1. The number of nitrogens with zero attached hydrogens (tertiary/aromatic N) is 2. The number of aromatic hydroxyl groups is 1. The van der Waals surface area contributed by atoms with Crippen molar-refractivity contribution in [2.75, 3.05) is 38.2 Å². The minimum absolute atomic E-state index is 0.162. The molecule has 0 radical (unpaired) electrons. The Morgan fingerprint density at radius 1 is 1.03 bits per heavy atom. The Hall–Kier alpha value is -3.77. The lowest BCUT2D eigenvalue weighted by atomic mass is 9.99. The minimum atomic E-state index is -0.162. The second-order valence-electron chi connectivity index (χ2n) is 8.71. The molecular formula is C28H28N2O4. The molecule has 0 spiro atoms. The fourth-order valence-electron chi connectivity index (χ4n) is 4.64. The first-order valence-electron chi connectivity index (χ1n) is 11.5. The first-order chi connectivity index (χ1) is 16.5. The van der Waals surface area contributed by atoms with Gasteiger partial charge in [0.25, 0.3) is 0 Å². The molecule has 34 heavy (non-hydrogen) atoms. The number of ether oxygens (including phenoxy) is 2. The van der Waals surface area contributed by atoms with Crippen LogP contribution < -0.4 is 14.4 Å². The summed E-state index contributed by atoms with van der Waals surface area (Å²) in [5, 5.41) is 10.8. The number of carbonyl (C=O) groups excluding carboxylic acids is 1. The van der Waals surface area contributed by atoms with E-state index in [4.69, 9.17) is 9.47 Å². The summed E-state index contributed by atoms with van der Waals surface area (Å²) in [6.07, 6.45) is 1.73. The summed E-state index contributed by atoms with van der Waals surface area (Å²) >= 11 is 0. The Labute approximate surface area is 199 Å². The molecule has 0 bridgehead atoms. The third-order valence-corrected chi connectivity index (χ3v) is 6.49. The summed E-state index contributed by atoms with van der Waals surface area (Å²) < 4.78 is 11.4. The number of allylic oxidation sites excluding steroid dienone is 1. The number of carbonyl (C=O) groups is 1. The lowest BCUT2D eigenvalue weighted by Crippen LogP contribution is -2.46. The Morgan fingerprint density at radius 2 is 1.79 bits per heavy atom. The SMILES string of the molecule is COc1cccc(/C=C2\Oc3c(CN4CCN(c5ccccc5)CC4)c(O)cc(C)c3C2=O)c1. The number of phenols is 1. The molecule has 2 aliphatic heterocycles. The van der Waals surface area contributed by atoms with E-state index in [1.54, 1.807) is 19.3 Å². The van der Waals surface area contributed by atoms with Crippen molar-refractivity contribution in [3.8, 4) is 17.2 Å². The molecule has 0 unspecified atom stereocenters. The summed E-state index contributed by atoms with van der Waals surface area (Å²) in [5.41, 5.74) is 3.95. The Kier molecular flexibility index (Phi) is 5.99. The first-order valence-corrected chi connectivity index (χ1v) is 11.5. The molecule has 0 atom stereocenters. The number of hydrogen-bond acceptors (Lipinski definition) is 6. The zero-order valence-electron chi connectivity index (χ0n) is 19.5. The fraction of sp³-hybridized carbons (Fsp3) is 0.250. The van der Waals surface area contributed by atoms with Crippen LogP contribution in [0.4, 0.5) is 5.69 Å². The standard InChI is InChI=1S/C28H28N2O4/c1-19-15-24(31)23(18-29-11-13-30(14-12-29)21-8-4-3-5-9-21)28-26(19)27(32)25(34-28)17-20-7-6-10-22(16-20)33-2/h3-10,15-17,31H,11-14,18H2,1-2H3/b25-17-. The lowest BCUT2D eigenvalue weighted by Gasteiger charge is -2.36. The molecule has 1 fully saturated rings. The van der Waals surface area contributed by atoms with Crippen molar-refractivity contribution in [3.63, 3.8) is 0 Å². The summed E-state index contributed by atoms with van der Waals surface area (Å²) in [7, 11) is 1.61. The minimum Gasteiger partial charge on any atom is -0.507 e. The van der Waals surface area contributed by atoms with Gasteiger partial charge < -0.3 is 19.5 Å². The highest BCUT2D eigenvalue weighted by Gasteiger charge is 2.34. The van der Waals surface area contributed by atoms with Gasteiger partial charge in [0.15, 0.2) is 5.76 Å². The van der Waals surface area contributed by atoms with E-state index in [9.17, 15) is 9.90 Å². The van der Waals surface area contributed by atoms with Crippen molar-refractivity contribution in [1.29, 1.82) is 0 Å². The Bertz CT molecular complexity index is 1240.